The van der Waals surface area contributed by atoms with Crippen LogP contribution in [-0.2, 0) is 6.42 Å². The van der Waals surface area contributed by atoms with Crippen LogP contribution in [0, 0.1) is 6.92 Å². The lowest BCUT2D eigenvalue weighted by molar-refractivity contribution is 0.743. The summed E-state index contributed by atoms with van der Waals surface area (Å²) < 4.78 is 2.14. The molecule has 1 aromatic carbocycles. The number of likely N-dealkylation sites (N-methyl/N-ethyl adjacent to an activating group) is 1. The molecule has 1 aromatic heterocycles. The smallest absolute Gasteiger partial charge is 0.114 e. The monoisotopic (exact) mass is 215 g/mol. The summed E-state index contributed by atoms with van der Waals surface area (Å²) in [6.07, 6.45) is 4.81. The Morgan fingerprint density at radius 1 is 1.38 bits per heavy atom. The highest BCUT2D eigenvalue weighted by Crippen LogP contribution is 2.12. The van der Waals surface area contributed by atoms with Crippen molar-refractivity contribution in [2.24, 2.45) is 0 Å². The normalized spacial score (nSPS) is 10.6. The van der Waals surface area contributed by atoms with Gasteiger partial charge in [-0.05, 0) is 31.7 Å². The zero-order valence-electron chi connectivity index (χ0n) is 9.77. The number of benzene rings is 1. The fourth-order valence-electron chi connectivity index (χ4n) is 1.77. The first-order valence-corrected chi connectivity index (χ1v) is 5.55. The molecule has 0 aliphatic carbocycles. The number of aryl methyl sites for hydroxylation is 1. The van der Waals surface area contributed by atoms with Crippen LogP contribution < -0.4 is 5.32 Å². The molecular weight excluding hydrogens is 198 g/mol. The van der Waals surface area contributed by atoms with Crippen molar-refractivity contribution in [2.75, 3.05) is 13.6 Å². The van der Waals surface area contributed by atoms with Crippen LogP contribution in [0.25, 0.3) is 5.69 Å². The van der Waals surface area contributed by atoms with E-state index in [1.165, 1.54) is 11.3 Å². The Labute approximate surface area is 96.1 Å². The van der Waals surface area contributed by atoms with E-state index < -0.39 is 0 Å². The van der Waals surface area contributed by atoms with E-state index >= 15 is 0 Å². The van der Waals surface area contributed by atoms with Gasteiger partial charge in [0.05, 0.1) is 0 Å². The zero-order chi connectivity index (χ0) is 11.4. The molecule has 0 saturated heterocycles. The summed E-state index contributed by atoms with van der Waals surface area (Å²) in [5, 5.41) is 3.14. The highest BCUT2D eigenvalue weighted by atomic mass is 15.1. The summed E-state index contributed by atoms with van der Waals surface area (Å²) in [5.74, 6) is 1.10. The topological polar surface area (TPSA) is 29.9 Å². The SMILES string of the molecule is CNCCc1nccn1-c1cccc(C)c1. The molecule has 16 heavy (non-hydrogen) atoms. The first kappa shape index (κ1) is 10.9. The van der Waals surface area contributed by atoms with Crippen molar-refractivity contribution in [1.82, 2.24) is 14.9 Å². The minimum absolute atomic E-state index is 0.942. The van der Waals surface area contributed by atoms with Crippen molar-refractivity contribution < 1.29 is 0 Å². The van der Waals surface area contributed by atoms with E-state index in [1.54, 1.807) is 0 Å². The first-order valence-electron chi connectivity index (χ1n) is 5.55. The van der Waals surface area contributed by atoms with Gasteiger partial charge in [-0.25, -0.2) is 4.98 Å². The second-order valence-electron chi connectivity index (χ2n) is 3.91. The van der Waals surface area contributed by atoms with Gasteiger partial charge in [0.15, 0.2) is 0 Å². The van der Waals surface area contributed by atoms with Crippen LogP contribution in [0.2, 0.25) is 0 Å². The third-order valence-electron chi connectivity index (χ3n) is 2.60. The molecule has 1 heterocycles. The zero-order valence-corrected chi connectivity index (χ0v) is 9.77. The first-order chi connectivity index (χ1) is 7.81. The number of hydrogen-bond donors (Lipinski definition) is 1. The van der Waals surface area contributed by atoms with Gasteiger partial charge in [-0.2, -0.15) is 0 Å². The summed E-state index contributed by atoms with van der Waals surface area (Å²) in [6.45, 7) is 3.05. The average Bonchev–Trinajstić information content (AvgIpc) is 2.74. The molecule has 0 atom stereocenters. The molecule has 84 valence electrons. The number of nitrogens with zero attached hydrogens (tertiary/aromatic N) is 2. The Hall–Kier alpha value is -1.61. The van der Waals surface area contributed by atoms with E-state index in [9.17, 15) is 0 Å². The number of nitrogens with one attached hydrogen (secondary N) is 1. The van der Waals surface area contributed by atoms with Gasteiger partial charge in [0.25, 0.3) is 0 Å². The summed E-state index contributed by atoms with van der Waals surface area (Å²) >= 11 is 0. The number of rotatable bonds is 4. The van der Waals surface area contributed by atoms with Crippen molar-refractivity contribution >= 4 is 0 Å². The van der Waals surface area contributed by atoms with E-state index in [0.717, 1.165) is 18.8 Å². The lowest BCUT2D eigenvalue weighted by Gasteiger charge is -2.08. The lowest BCUT2D eigenvalue weighted by atomic mass is 10.2. The van der Waals surface area contributed by atoms with Crippen molar-refractivity contribution in [2.45, 2.75) is 13.3 Å². The van der Waals surface area contributed by atoms with E-state index in [2.05, 4.69) is 46.1 Å². The minimum atomic E-state index is 0.942. The van der Waals surface area contributed by atoms with Crippen LogP contribution in [0.15, 0.2) is 36.7 Å². The molecule has 0 radical (unpaired) electrons. The molecular formula is C13H17N3. The van der Waals surface area contributed by atoms with Gasteiger partial charge in [0.1, 0.15) is 5.82 Å². The maximum atomic E-state index is 4.38. The largest absolute Gasteiger partial charge is 0.319 e. The average molecular weight is 215 g/mol. The third kappa shape index (κ3) is 2.31. The van der Waals surface area contributed by atoms with Gasteiger partial charge in [0, 0.05) is 31.0 Å². The Balaban J connectivity index is 2.29. The predicted molar refractivity (Wildman–Crippen MR) is 65.9 cm³/mol. The van der Waals surface area contributed by atoms with Crippen LogP contribution >= 0.6 is 0 Å². The molecule has 0 aliphatic rings. The molecule has 0 saturated carbocycles. The number of imidazole rings is 1. The Morgan fingerprint density at radius 2 is 2.25 bits per heavy atom. The van der Waals surface area contributed by atoms with Crippen LogP contribution in [0.1, 0.15) is 11.4 Å². The fourth-order valence-corrected chi connectivity index (χ4v) is 1.77. The highest BCUT2D eigenvalue weighted by Gasteiger charge is 2.03. The molecule has 3 heteroatoms. The molecule has 0 spiro atoms. The summed E-state index contributed by atoms with van der Waals surface area (Å²) in [7, 11) is 1.96. The van der Waals surface area contributed by atoms with Gasteiger partial charge in [-0.1, -0.05) is 12.1 Å². The molecule has 2 aromatic rings. The van der Waals surface area contributed by atoms with Gasteiger partial charge in [-0.3, -0.25) is 0 Å². The molecule has 0 fully saturated rings. The molecule has 0 amide bonds. The number of hydrogen-bond acceptors (Lipinski definition) is 2. The molecule has 2 rings (SSSR count). The van der Waals surface area contributed by atoms with Crippen molar-refractivity contribution in [1.29, 1.82) is 0 Å². The Kier molecular flexibility index (Phi) is 3.37. The van der Waals surface area contributed by atoms with Crippen LogP contribution in [0.5, 0.6) is 0 Å². The molecule has 3 nitrogen and oxygen atoms in total. The molecule has 0 unspecified atom stereocenters. The van der Waals surface area contributed by atoms with E-state index in [1.807, 2.05) is 19.4 Å². The fraction of sp³-hybridized carbons (Fsp3) is 0.308. The second-order valence-corrected chi connectivity index (χ2v) is 3.91. The van der Waals surface area contributed by atoms with E-state index in [-0.39, 0.29) is 0 Å². The second kappa shape index (κ2) is 4.94. The van der Waals surface area contributed by atoms with Crippen molar-refractivity contribution in [3.05, 3.63) is 48.0 Å². The summed E-state index contributed by atoms with van der Waals surface area (Å²) in [5.41, 5.74) is 2.45. The van der Waals surface area contributed by atoms with Gasteiger partial charge in [-0.15, -0.1) is 0 Å². The maximum Gasteiger partial charge on any atom is 0.114 e. The van der Waals surface area contributed by atoms with Crippen LogP contribution in [-0.4, -0.2) is 23.1 Å². The molecule has 1 N–H and O–H groups in total. The standard InChI is InChI=1S/C13H17N3/c1-11-4-3-5-12(10-11)16-9-8-15-13(16)6-7-14-2/h3-5,8-10,14H,6-7H2,1-2H3. The summed E-state index contributed by atoms with van der Waals surface area (Å²) in [6, 6.07) is 8.46. The van der Waals surface area contributed by atoms with Gasteiger partial charge >= 0.3 is 0 Å². The van der Waals surface area contributed by atoms with Gasteiger partial charge in [0.2, 0.25) is 0 Å². The minimum Gasteiger partial charge on any atom is -0.319 e. The van der Waals surface area contributed by atoms with Crippen molar-refractivity contribution in [3.63, 3.8) is 0 Å². The number of aromatic nitrogens is 2. The maximum absolute atomic E-state index is 4.38. The van der Waals surface area contributed by atoms with E-state index in [0.29, 0.717) is 0 Å². The van der Waals surface area contributed by atoms with Crippen LogP contribution in [0.3, 0.4) is 0 Å². The van der Waals surface area contributed by atoms with E-state index in [4.69, 9.17) is 0 Å². The van der Waals surface area contributed by atoms with Crippen molar-refractivity contribution in [3.8, 4) is 5.69 Å². The molecule has 0 aliphatic heterocycles. The quantitative estimate of drug-likeness (QED) is 0.844. The lowest BCUT2D eigenvalue weighted by Crippen LogP contribution is -2.13. The Bertz CT molecular complexity index is 460. The summed E-state index contributed by atoms with van der Waals surface area (Å²) in [4.78, 5) is 4.38. The predicted octanol–water partition coefficient (Wildman–Crippen LogP) is 1.94. The highest BCUT2D eigenvalue weighted by molar-refractivity contribution is 5.36. The molecule has 0 bridgehead atoms. The van der Waals surface area contributed by atoms with Gasteiger partial charge < -0.3 is 9.88 Å². The van der Waals surface area contributed by atoms with Crippen LogP contribution in [0.4, 0.5) is 0 Å². The Morgan fingerprint density at radius 3 is 3.00 bits per heavy atom. The third-order valence-corrected chi connectivity index (χ3v) is 2.60.